The highest BCUT2D eigenvalue weighted by Gasteiger charge is 2.48. The number of hydroxylamine groups is 2. The van der Waals surface area contributed by atoms with Gasteiger partial charge in [0.15, 0.2) is 0 Å². The predicted octanol–water partition coefficient (Wildman–Crippen LogP) is 2.35. The van der Waals surface area contributed by atoms with Gasteiger partial charge in [0.2, 0.25) is 0 Å². The molecule has 0 fully saturated rings. The second kappa shape index (κ2) is 10.4. The number of rotatable bonds is 11. The molecule has 1 radical (unpaired) electrons. The maximum Gasteiger partial charge on any atom is 0.102 e. The van der Waals surface area contributed by atoms with Gasteiger partial charge in [-0.25, -0.2) is 0 Å². The van der Waals surface area contributed by atoms with Crippen LogP contribution in [0.2, 0.25) is 0 Å². The van der Waals surface area contributed by atoms with Gasteiger partial charge < -0.3 is 21.5 Å². The van der Waals surface area contributed by atoms with E-state index in [-0.39, 0.29) is 28.1 Å². The molecule has 0 N–H and O–H groups in total. The van der Waals surface area contributed by atoms with Crippen molar-refractivity contribution in [2.75, 3.05) is 26.2 Å². The van der Waals surface area contributed by atoms with Gasteiger partial charge in [-0.05, 0) is 47.0 Å². The monoisotopic (exact) mass is 417 g/mol. The van der Waals surface area contributed by atoms with E-state index in [0.29, 0.717) is 0 Å². The second-order valence-electron chi connectivity index (χ2n) is 8.91. The lowest BCUT2D eigenvalue weighted by atomic mass is 9.94. The Kier molecular flexibility index (Phi) is 10.5. The Morgan fingerprint density at radius 2 is 1.28 bits per heavy atom. The molecule has 0 atom stereocenters. The van der Waals surface area contributed by atoms with E-state index >= 15 is 0 Å². The van der Waals surface area contributed by atoms with E-state index in [1.165, 1.54) is 73.3 Å². The number of nitrogens with zero attached hydrogens (tertiary/aromatic N) is 2. The molecule has 1 rings (SSSR count). The first kappa shape index (κ1) is 25.1. The highest BCUT2D eigenvalue weighted by atomic mass is 79.9. The summed E-state index contributed by atoms with van der Waals surface area (Å²) < 4.78 is 1.18. The average Bonchev–Trinajstić information content (AvgIpc) is 2.68. The molecule has 1 aliphatic rings. The zero-order valence-corrected chi connectivity index (χ0v) is 19.4. The van der Waals surface area contributed by atoms with Gasteiger partial charge in [0.05, 0.1) is 30.7 Å². The second-order valence-corrected chi connectivity index (χ2v) is 8.91. The fraction of sp³-hybridized carbons (Fsp3) is 0.905. The van der Waals surface area contributed by atoms with Crippen molar-refractivity contribution in [3.8, 4) is 0 Å². The van der Waals surface area contributed by atoms with Crippen molar-refractivity contribution in [1.29, 1.82) is 0 Å². The first-order valence-electron chi connectivity index (χ1n) is 10.2. The van der Waals surface area contributed by atoms with Crippen LogP contribution in [0, 0.1) is 0 Å². The van der Waals surface area contributed by atoms with E-state index in [4.69, 9.17) is 0 Å². The predicted molar refractivity (Wildman–Crippen MR) is 103 cm³/mol. The van der Waals surface area contributed by atoms with E-state index in [9.17, 15) is 5.21 Å². The summed E-state index contributed by atoms with van der Waals surface area (Å²) in [4.78, 5) is 0. The topological polar surface area (TPSA) is 23.1 Å². The molecule has 0 spiro atoms. The van der Waals surface area contributed by atoms with Crippen LogP contribution in [0.5, 0.6) is 0 Å². The summed E-state index contributed by atoms with van der Waals surface area (Å²) in [6.45, 7) is 20.0. The molecule has 4 heteroatoms. The van der Waals surface area contributed by atoms with Crippen LogP contribution in [0.4, 0.5) is 0 Å². The molecule has 0 aromatic heterocycles. The first-order valence-corrected chi connectivity index (χ1v) is 10.2. The zero-order valence-electron chi connectivity index (χ0n) is 17.8. The van der Waals surface area contributed by atoms with Crippen molar-refractivity contribution in [3.05, 3.63) is 11.6 Å². The Hall–Kier alpha value is 0.100. The van der Waals surface area contributed by atoms with E-state index in [1.807, 2.05) is 13.8 Å². The van der Waals surface area contributed by atoms with Crippen LogP contribution in [-0.4, -0.2) is 46.8 Å². The number of hydrogen-bond acceptors (Lipinski definition) is 1. The first-order chi connectivity index (χ1) is 11.1. The van der Waals surface area contributed by atoms with E-state index < -0.39 is 0 Å². The van der Waals surface area contributed by atoms with Gasteiger partial charge in [-0.15, -0.1) is 10.3 Å². The lowest BCUT2D eigenvalue weighted by Gasteiger charge is -2.42. The maximum absolute atomic E-state index is 12.7. The summed E-state index contributed by atoms with van der Waals surface area (Å²) in [6, 6.07) is 0. The van der Waals surface area contributed by atoms with E-state index in [0.717, 1.165) is 6.54 Å². The largest absolute Gasteiger partial charge is 1.00 e. The molecule has 0 saturated carbocycles. The molecule has 0 saturated heterocycles. The van der Waals surface area contributed by atoms with Gasteiger partial charge in [0.25, 0.3) is 0 Å². The van der Waals surface area contributed by atoms with Crippen molar-refractivity contribution in [2.24, 2.45) is 0 Å². The zero-order chi connectivity index (χ0) is 18.4. The van der Waals surface area contributed by atoms with Crippen molar-refractivity contribution in [2.45, 2.75) is 98.1 Å². The number of unbranched alkanes of at least 4 members (excludes halogenated alkanes) is 3. The molecule has 0 aromatic rings. The quantitative estimate of drug-likeness (QED) is 0.373. The lowest BCUT2D eigenvalue weighted by molar-refractivity contribution is -0.924. The van der Waals surface area contributed by atoms with Gasteiger partial charge in [0.1, 0.15) is 6.54 Å². The fourth-order valence-corrected chi connectivity index (χ4v) is 4.17. The van der Waals surface area contributed by atoms with Crippen molar-refractivity contribution >= 4 is 0 Å². The minimum absolute atomic E-state index is 0. The molecule has 0 unspecified atom stereocenters. The molecule has 3 nitrogen and oxygen atoms in total. The third-order valence-electron chi connectivity index (χ3n) is 5.81. The van der Waals surface area contributed by atoms with Gasteiger partial charge in [-0.3, -0.25) is 0 Å². The number of quaternary nitrogens is 1. The molecule has 25 heavy (non-hydrogen) atoms. The average molecular weight is 418 g/mol. The number of hydrogen-bond donors (Lipinski definition) is 0. The summed E-state index contributed by atoms with van der Waals surface area (Å²) >= 11 is 0. The molecule has 0 aromatic carbocycles. The third-order valence-corrected chi connectivity index (χ3v) is 5.81. The Morgan fingerprint density at radius 1 is 0.880 bits per heavy atom. The SMILES string of the molecule is CCCC[N+](CCCC)(CCCC)CC1=CC(C)(C)N([O])C1(C)C.[Br-]. The van der Waals surface area contributed by atoms with Crippen LogP contribution >= 0.6 is 0 Å². The van der Waals surface area contributed by atoms with Crippen LogP contribution < -0.4 is 17.0 Å². The van der Waals surface area contributed by atoms with Crippen LogP contribution in [0.15, 0.2) is 11.6 Å². The third kappa shape index (κ3) is 6.34. The lowest BCUT2D eigenvalue weighted by Crippen LogP contribution is -3.00. The van der Waals surface area contributed by atoms with Crippen LogP contribution in [0.3, 0.4) is 0 Å². The molecule has 0 amide bonds. The summed E-state index contributed by atoms with van der Waals surface area (Å²) in [5, 5.41) is 14.1. The Morgan fingerprint density at radius 3 is 1.56 bits per heavy atom. The molecule has 0 aliphatic carbocycles. The normalized spacial score (nSPS) is 19.6. The van der Waals surface area contributed by atoms with Crippen LogP contribution in [-0.2, 0) is 5.21 Å². The summed E-state index contributed by atoms with van der Waals surface area (Å²) in [5.74, 6) is 0. The summed E-state index contributed by atoms with van der Waals surface area (Å²) in [5.41, 5.74) is 0.595. The van der Waals surface area contributed by atoms with Crippen LogP contribution in [0.1, 0.15) is 87.0 Å². The smallest absolute Gasteiger partial charge is 0.102 e. The standard InChI is InChI=1S/C21H42N2O.BrH/c1-8-11-14-23(15-12-9-2,16-13-10-3)18-19-17-20(4,5)22(24)21(19,6)7;/h17H,8-16,18H2,1-7H3;1H/q+1;/p-1. The van der Waals surface area contributed by atoms with Gasteiger partial charge in [-0.1, -0.05) is 46.1 Å². The van der Waals surface area contributed by atoms with Gasteiger partial charge in [-0.2, -0.15) is 0 Å². The summed E-state index contributed by atoms with van der Waals surface area (Å²) in [6.07, 6.45) is 9.86. The number of halogens is 1. The molecular weight excluding hydrogens is 376 g/mol. The minimum atomic E-state index is -0.380. The van der Waals surface area contributed by atoms with E-state index in [2.05, 4.69) is 40.7 Å². The maximum atomic E-state index is 12.7. The van der Waals surface area contributed by atoms with Crippen LogP contribution in [0.25, 0.3) is 0 Å². The Labute approximate surface area is 167 Å². The Balaban J connectivity index is 0.00000576. The molecule has 1 aliphatic heterocycles. The van der Waals surface area contributed by atoms with E-state index in [1.54, 1.807) is 0 Å². The molecule has 0 bridgehead atoms. The van der Waals surface area contributed by atoms with Gasteiger partial charge in [0, 0.05) is 5.57 Å². The highest BCUT2D eigenvalue weighted by Crippen LogP contribution is 2.40. The van der Waals surface area contributed by atoms with Crippen molar-refractivity contribution < 1.29 is 26.7 Å². The Bertz CT molecular complexity index is 396. The molecule has 149 valence electrons. The van der Waals surface area contributed by atoms with Crippen molar-refractivity contribution in [1.82, 2.24) is 5.06 Å². The summed E-state index contributed by atoms with van der Waals surface area (Å²) in [7, 11) is 0. The van der Waals surface area contributed by atoms with Crippen molar-refractivity contribution in [3.63, 3.8) is 0 Å². The minimum Gasteiger partial charge on any atom is -1.00 e. The highest BCUT2D eigenvalue weighted by molar-refractivity contribution is 5.30. The fourth-order valence-electron chi connectivity index (χ4n) is 4.17. The van der Waals surface area contributed by atoms with Gasteiger partial charge >= 0.3 is 0 Å². The molecule has 1 heterocycles. The molecular formula is C21H42BrN2O.